The quantitative estimate of drug-likeness (QED) is 0.580. The van der Waals surface area contributed by atoms with Gasteiger partial charge in [0.1, 0.15) is 5.75 Å². The van der Waals surface area contributed by atoms with E-state index < -0.39 is 5.91 Å². The molecule has 4 rings (SSSR count). The summed E-state index contributed by atoms with van der Waals surface area (Å²) in [6.45, 7) is 0.918. The van der Waals surface area contributed by atoms with Crippen LogP contribution in [0.15, 0.2) is 53.3 Å². The molecule has 1 fully saturated rings. The molecule has 1 saturated heterocycles. The number of methoxy groups -OCH3 is 1. The normalized spacial score (nSPS) is 15.5. The summed E-state index contributed by atoms with van der Waals surface area (Å²) in [5, 5.41) is 10.4. The van der Waals surface area contributed by atoms with E-state index in [2.05, 4.69) is 15.7 Å². The summed E-state index contributed by atoms with van der Waals surface area (Å²) < 4.78 is 11.8. The first-order chi connectivity index (χ1) is 15.6. The minimum atomic E-state index is -0.546. The molecule has 32 heavy (non-hydrogen) atoms. The fraction of sp³-hybridized carbons (Fsp3) is 0.304. The van der Waals surface area contributed by atoms with E-state index in [0.29, 0.717) is 35.4 Å². The van der Waals surface area contributed by atoms with Gasteiger partial charge in [-0.2, -0.15) is 9.78 Å². The molecular formula is C23H24N4O5. The van der Waals surface area contributed by atoms with Crippen molar-refractivity contribution in [3.8, 4) is 11.4 Å². The predicted molar refractivity (Wildman–Crippen MR) is 118 cm³/mol. The van der Waals surface area contributed by atoms with Crippen LogP contribution in [0.25, 0.3) is 16.5 Å². The van der Waals surface area contributed by atoms with Gasteiger partial charge < -0.3 is 20.1 Å². The lowest BCUT2D eigenvalue weighted by molar-refractivity contribution is -0.120. The molecule has 1 aliphatic rings. The number of ether oxygens (including phenoxy) is 2. The molecule has 0 saturated carbocycles. The van der Waals surface area contributed by atoms with Crippen LogP contribution in [0.1, 0.15) is 23.3 Å². The lowest BCUT2D eigenvalue weighted by Gasteiger charge is -2.13. The van der Waals surface area contributed by atoms with Crippen molar-refractivity contribution in [1.29, 1.82) is 0 Å². The molecule has 1 aromatic heterocycles. The van der Waals surface area contributed by atoms with Gasteiger partial charge in [-0.1, -0.05) is 18.2 Å². The van der Waals surface area contributed by atoms with Crippen molar-refractivity contribution in [2.75, 3.05) is 26.8 Å². The van der Waals surface area contributed by atoms with Crippen molar-refractivity contribution in [1.82, 2.24) is 20.4 Å². The van der Waals surface area contributed by atoms with Crippen LogP contribution in [0.4, 0.5) is 0 Å². The number of nitrogens with zero attached hydrogens (tertiary/aromatic N) is 2. The molecule has 0 bridgehead atoms. The van der Waals surface area contributed by atoms with Gasteiger partial charge in [-0.3, -0.25) is 14.4 Å². The summed E-state index contributed by atoms with van der Waals surface area (Å²) in [4.78, 5) is 38.0. The molecule has 2 amide bonds. The molecule has 166 valence electrons. The maximum atomic E-state index is 13.0. The first kappa shape index (κ1) is 21.5. The third kappa shape index (κ3) is 4.62. The zero-order valence-corrected chi connectivity index (χ0v) is 17.7. The van der Waals surface area contributed by atoms with Crippen LogP contribution < -0.4 is 20.9 Å². The van der Waals surface area contributed by atoms with Crippen LogP contribution in [0.5, 0.6) is 5.75 Å². The Kier molecular flexibility index (Phi) is 6.46. The molecule has 2 heterocycles. The van der Waals surface area contributed by atoms with Crippen molar-refractivity contribution >= 4 is 22.6 Å². The Balaban J connectivity index is 1.56. The minimum Gasteiger partial charge on any atom is -0.497 e. The average Bonchev–Trinajstić information content (AvgIpc) is 3.35. The van der Waals surface area contributed by atoms with Gasteiger partial charge in [0.05, 0.1) is 30.8 Å². The van der Waals surface area contributed by atoms with Crippen LogP contribution in [0.3, 0.4) is 0 Å². The van der Waals surface area contributed by atoms with Gasteiger partial charge in [-0.15, -0.1) is 0 Å². The summed E-state index contributed by atoms with van der Waals surface area (Å²) in [5.41, 5.74) is 0.199. The van der Waals surface area contributed by atoms with Crippen molar-refractivity contribution in [3.63, 3.8) is 0 Å². The summed E-state index contributed by atoms with van der Waals surface area (Å²) in [6, 6.07) is 13.5. The maximum absolute atomic E-state index is 13.0. The lowest BCUT2D eigenvalue weighted by atomic mass is 10.1. The Morgan fingerprint density at radius 3 is 2.56 bits per heavy atom. The van der Waals surface area contributed by atoms with Gasteiger partial charge in [0.25, 0.3) is 11.5 Å². The molecule has 1 aliphatic heterocycles. The van der Waals surface area contributed by atoms with Gasteiger partial charge in [0.2, 0.25) is 5.91 Å². The van der Waals surface area contributed by atoms with Crippen LogP contribution in [-0.2, 0) is 9.53 Å². The number of nitrogens with one attached hydrogen (secondary N) is 2. The Labute approximate surface area is 184 Å². The molecule has 2 aromatic carbocycles. The number of rotatable bonds is 7. The molecule has 2 N–H and O–H groups in total. The van der Waals surface area contributed by atoms with Gasteiger partial charge >= 0.3 is 0 Å². The second-order valence-electron chi connectivity index (χ2n) is 7.43. The molecule has 0 unspecified atom stereocenters. The smallest absolute Gasteiger partial charge is 0.279 e. The number of benzene rings is 2. The number of hydrogen-bond acceptors (Lipinski definition) is 6. The fourth-order valence-electron chi connectivity index (χ4n) is 3.60. The van der Waals surface area contributed by atoms with Gasteiger partial charge in [0, 0.05) is 18.5 Å². The SMILES string of the molecule is COc1ccc(-n2nc(C(=O)NCC(=O)NC[C@@H]3CCCO3)c3ccccc3c2=O)cc1. The van der Waals surface area contributed by atoms with Crippen LogP contribution >= 0.6 is 0 Å². The molecular weight excluding hydrogens is 412 g/mol. The van der Waals surface area contributed by atoms with Crippen LogP contribution in [-0.4, -0.2) is 54.5 Å². The van der Waals surface area contributed by atoms with E-state index in [1.807, 2.05) is 0 Å². The third-order valence-electron chi connectivity index (χ3n) is 5.30. The fourth-order valence-corrected chi connectivity index (χ4v) is 3.60. The Bertz CT molecular complexity index is 1180. The van der Waals surface area contributed by atoms with E-state index in [1.165, 1.54) is 4.68 Å². The summed E-state index contributed by atoms with van der Waals surface area (Å²) >= 11 is 0. The number of aromatic nitrogens is 2. The highest BCUT2D eigenvalue weighted by Crippen LogP contribution is 2.17. The first-order valence-corrected chi connectivity index (χ1v) is 10.4. The lowest BCUT2D eigenvalue weighted by Crippen LogP contribution is -2.40. The van der Waals surface area contributed by atoms with Gasteiger partial charge in [-0.05, 0) is 43.2 Å². The van der Waals surface area contributed by atoms with E-state index >= 15 is 0 Å². The van der Waals surface area contributed by atoms with E-state index in [1.54, 1.807) is 55.6 Å². The molecule has 0 aliphatic carbocycles. The van der Waals surface area contributed by atoms with Crippen molar-refractivity contribution in [3.05, 3.63) is 64.6 Å². The van der Waals surface area contributed by atoms with Crippen molar-refractivity contribution in [2.24, 2.45) is 0 Å². The minimum absolute atomic E-state index is 0.0216. The number of amides is 2. The largest absolute Gasteiger partial charge is 0.497 e. The monoisotopic (exact) mass is 436 g/mol. The molecule has 9 heteroatoms. The maximum Gasteiger partial charge on any atom is 0.279 e. The van der Waals surface area contributed by atoms with Gasteiger partial charge in [0.15, 0.2) is 5.69 Å². The van der Waals surface area contributed by atoms with Gasteiger partial charge in [-0.25, -0.2) is 0 Å². The highest BCUT2D eigenvalue weighted by atomic mass is 16.5. The molecule has 0 spiro atoms. The van der Waals surface area contributed by atoms with Crippen LogP contribution in [0, 0.1) is 0 Å². The highest BCUT2D eigenvalue weighted by molar-refractivity contribution is 6.05. The topological polar surface area (TPSA) is 112 Å². The first-order valence-electron chi connectivity index (χ1n) is 10.4. The average molecular weight is 436 g/mol. The van der Waals surface area contributed by atoms with E-state index in [0.717, 1.165) is 12.8 Å². The number of fused-ring (bicyclic) bond motifs is 1. The highest BCUT2D eigenvalue weighted by Gasteiger charge is 2.19. The van der Waals surface area contributed by atoms with Crippen molar-refractivity contribution in [2.45, 2.75) is 18.9 Å². The van der Waals surface area contributed by atoms with Crippen molar-refractivity contribution < 1.29 is 19.1 Å². The van der Waals surface area contributed by atoms with Crippen LogP contribution in [0.2, 0.25) is 0 Å². The van der Waals surface area contributed by atoms with E-state index in [4.69, 9.17) is 9.47 Å². The number of hydrogen-bond donors (Lipinski definition) is 2. The second-order valence-corrected chi connectivity index (χ2v) is 7.43. The summed E-state index contributed by atoms with van der Waals surface area (Å²) in [6.07, 6.45) is 1.92. The third-order valence-corrected chi connectivity index (χ3v) is 5.30. The zero-order valence-electron chi connectivity index (χ0n) is 17.7. The predicted octanol–water partition coefficient (Wildman–Crippen LogP) is 1.42. The zero-order chi connectivity index (χ0) is 22.5. The number of carbonyl (C=O) groups excluding carboxylic acids is 2. The van der Waals surface area contributed by atoms with E-state index in [9.17, 15) is 14.4 Å². The van der Waals surface area contributed by atoms with E-state index in [-0.39, 0.29) is 29.8 Å². The summed E-state index contributed by atoms with van der Waals surface area (Å²) in [5.74, 6) is -0.230. The number of carbonyl (C=O) groups is 2. The Hall–Kier alpha value is -3.72. The molecule has 9 nitrogen and oxygen atoms in total. The second kappa shape index (κ2) is 9.61. The summed E-state index contributed by atoms with van der Waals surface area (Å²) in [7, 11) is 1.55. The Morgan fingerprint density at radius 1 is 1.12 bits per heavy atom. The Morgan fingerprint density at radius 2 is 1.88 bits per heavy atom. The molecule has 1 atom stereocenters. The standard InChI is InChI=1S/C23H24N4O5/c1-31-16-10-8-15(9-11-16)27-23(30)19-7-3-2-6-18(19)21(26-27)22(29)25-14-20(28)24-13-17-5-4-12-32-17/h2-3,6-11,17H,4-5,12-14H2,1H3,(H,24,28)(H,25,29)/t17-/m0/s1. The molecule has 0 radical (unpaired) electrons. The molecule has 3 aromatic rings.